The second kappa shape index (κ2) is 7.20. The van der Waals surface area contributed by atoms with Gasteiger partial charge in [0.05, 0.1) is 24.5 Å². The molecule has 3 aromatic rings. The highest BCUT2D eigenvalue weighted by Gasteiger charge is 2.27. The van der Waals surface area contributed by atoms with Crippen LogP contribution in [0.15, 0.2) is 48.8 Å². The molecule has 0 spiro atoms. The summed E-state index contributed by atoms with van der Waals surface area (Å²) in [7, 11) is 0. The number of allylic oxidation sites excluding steroid dienone is 1. The number of fused-ring (bicyclic) bond motifs is 1. The second-order valence-electron chi connectivity index (χ2n) is 7.59. The van der Waals surface area contributed by atoms with Crippen LogP contribution in [0.4, 0.5) is 11.8 Å². The first-order valence-corrected chi connectivity index (χ1v) is 9.84. The number of rotatable bonds is 6. The van der Waals surface area contributed by atoms with E-state index < -0.39 is 0 Å². The maximum absolute atomic E-state index is 12.2. The Morgan fingerprint density at radius 1 is 1.21 bits per heavy atom. The summed E-state index contributed by atoms with van der Waals surface area (Å²) in [5.41, 5.74) is 7.95. The number of nitrogen functional groups attached to an aromatic ring is 1. The van der Waals surface area contributed by atoms with Crippen molar-refractivity contribution < 1.29 is 9.53 Å². The van der Waals surface area contributed by atoms with Gasteiger partial charge in [-0.15, -0.1) is 0 Å². The molecule has 0 bridgehead atoms. The van der Waals surface area contributed by atoms with Crippen molar-refractivity contribution in [1.82, 2.24) is 19.5 Å². The van der Waals surface area contributed by atoms with Crippen LogP contribution < -0.4 is 11.1 Å². The maximum atomic E-state index is 12.2. The SMILES string of the molecule is Nc1nc(NC2CC2)c2ncn(C3C=CC(COC(=O)c4ccccc4)C3)c2n1. The van der Waals surface area contributed by atoms with Gasteiger partial charge in [-0.25, -0.2) is 9.78 Å². The molecule has 2 heterocycles. The van der Waals surface area contributed by atoms with Gasteiger partial charge in [0.15, 0.2) is 17.0 Å². The molecule has 8 nitrogen and oxygen atoms in total. The Balaban J connectivity index is 1.28. The van der Waals surface area contributed by atoms with E-state index in [1.807, 2.05) is 22.8 Å². The molecular weight excluding hydrogens is 368 g/mol. The number of carbonyl (C=O) groups excluding carboxylic acids is 1. The van der Waals surface area contributed by atoms with Crippen LogP contribution in [0.2, 0.25) is 0 Å². The standard InChI is InChI=1S/C21H22N6O2/c22-21-25-18(24-15-7-8-15)17-19(26-21)27(12-23-17)16-9-6-13(10-16)11-29-20(28)14-4-2-1-3-5-14/h1-6,9,12-13,15-16H,7-8,10-11H2,(H3,22,24,25,26). The number of anilines is 2. The van der Waals surface area contributed by atoms with E-state index in [4.69, 9.17) is 10.5 Å². The number of hydrogen-bond acceptors (Lipinski definition) is 7. The van der Waals surface area contributed by atoms with Crippen LogP contribution in [0.5, 0.6) is 0 Å². The maximum Gasteiger partial charge on any atom is 0.338 e. The lowest BCUT2D eigenvalue weighted by molar-refractivity contribution is 0.0461. The summed E-state index contributed by atoms with van der Waals surface area (Å²) in [4.78, 5) is 25.4. The van der Waals surface area contributed by atoms with Crippen LogP contribution >= 0.6 is 0 Å². The number of benzene rings is 1. The van der Waals surface area contributed by atoms with Crippen LogP contribution in [0.3, 0.4) is 0 Å². The lowest BCUT2D eigenvalue weighted by Gasteiger charge is -2.14. The van der Waals surface area contributed by atoms with Gasteiger partial charge in [-0.2, -0.15) is 9.97 Å². The fourth-order valence-electron chi connectivity index (χ4n) is 3.62. The molecular formula is C21H22N6O2. The van der Waals surface area contributed by atoms with E-state index in [9.17, 15) is 4.79 Å². The summed E-state index contributed by atoms with van der Waals surface area (Å²) >= 11 is 0. The molecule has 8 heteroatoms. The third-order valence-electron chi connectivity index (χ3n) is 5.30. The highest BCUT2D eigenvalue weighted by molar-refractivity contribution is 5.89. The van der Waals surface area contributed by atoms with E-state index >= 15 is 0 Å². The van der Waals surface area contributed by atoms with Crippen molar-refractivity contribution in [1.29, 1.82) is 0 Å². The number of nitrogens with zero attached hydrogens (tertiary/aromatic N) is 4. The van der Waals surface area contributed by atoms with E-state index in [2.05, 4.69) is 32.4 Å². The number of nitrogens with one attached hydrogen (secondary N) is 1. The Hall–Kier alpha value is -3.42. The zero-order valence-corrected chi connectivity index (χ0v) is 15.9. The molecule has 1 fully saturated rings. The third kappa shape index (κ3) is 3.65. The largest absolute Gasteiger partial charge is 0.461 e. The normalized spacial score (nSPS) is 20.8. The van der Waals surface area contributed by atoms with E-state index in [1.165, 1.54) is 0 Å². The van der Waals surface area contributed by atoms with Crippen molar-refractivity contribution in [2.45, 2.75) is 31.3 Å². The van der Waals surface area contributed by atoms with Crippen LogP contribution in [0.25, 0.3) is 11.2 Å². The molecule has 2 aliphatic rings. The molecule has 2 atom stereocenters. The van der Waals surface area contributed by atoms with Crippen molar-refractivity contribution in [2.75, 3.05) is 17.7 Å². The van der Waals surface area contributed by atoms with Gasteiger partial charge in [-0.05, 0) is 31.4 Å². The fourth-order valence-corrected chi connectivity index (χ4v) is 3.62. The quantitative estimate of drug-likeness (QED) is 0.492. The van der Waals surface area contributed by atoms with Crippen LogP contribution in [-0.4, -0.2) is 38.1 Å². The summed E-state index contributed by atoms with van der Waals surface area (Å²) in [6.45, 7) is 0.346. The van der Waals surface area contributed by atoms with E-state index in [0.717, 1.165) is 30.4 Å². The van der Waals surface area contributed by atoms with Crippen molar-refractivity contribution >= 4 is 28.9 Å². The lowest BCUT2D eigenvalue weighted by Crippen LogP contribution is -2.14. The summed E-state index contributed by atoms with van der Waals surface area (Å²) in [6.07, 6.45) is 9.06. The molecule has 3 N–H and O–H groups in total. The highest BCUT2D eigenvalue weighted by Crippen LogP contribution is 2.33. The van der Waals surface area contributed by atoms with Crippen molar-refractivity contribution in [3.05, 3.63) is 54.4 Å². The Bertz CT molecular complexity index is 1070. The second-order valence-corrected chi connectivity index (χ2v) is 7.59. The Morgan fingerprint density at radius 3 is 2.83 bits per heavy atom. The Morgan fingerprint density at radius 2 is 2.03 bits per heavy atom. The Labute approximate surface area is 167 Å². The summed E-state index contributed by atoms with van der Waals surface area (Å²) in [6, 6.07) is 9.57. The molecule has 2 aliphatic carbocycles. The summed E-state index contributed by atoms with van der Waals surface area (Å²) in [5.74, 6) is 0.780. The smallest absolute Gasteiger partial charge is 0.338 e. The van der Waals surface area contributed by atoms with Crippen LogP contribution in [0.1, 0.15) is 35.7 Å². The first kappa shape index (κ1) is 17.7. The molecule has 2 unspecified atom stereocenters. The monoisotopic (exact) mass is 390 g/mol. The predicted molar refractivity (Wildman–Crippen MR) is 109 cm³/mol. The molecule has 2 aromatic heterocycles. The molecule has 148 valence electrons. The number of nitrogens with two attached hydrogens (primary N) is 1. The van der Waals surface area contributed by atoms with E-state index in [-0.39, 0.29) is 23.9 Å². The molecule has 0 radical (unpaired) electrons. The summed E-state index contributed by atoms with van der Waals surface area (Å²) in [5, 5.41) is 3.38. The first-order valence-electron chi connectivity index (χ1n) is 9.84. The predicted octanol–water partition coefficient (Wildman–Crippen LogP) is 2.96. The van der Waals surface area contributed by atoms with Crippen molar-refractivity contribution in [3.8, 4) is 0 Å². The highest BCUT2D eigenvalue weighted by atomic mass is 16.5. The van der Waals surface area contributed by atoms with Gasteiger partial charge >= 0.3 is 5.97 Å². The molecule has 0 saturated heterocycles. The van der Waals surface area contributed by atoms with Gasteiger partial charge < -0.3 is 20.4 Å². The van der Waals surface area contributed by atoms with Gasteiger partial charge in [-0.1, -0.05) is 30.4 Å². The van der Waals surface area contributed by atoms with Crippen molar-refractivity contribution in [2.24, 2.45) is 5.92 Å². The number of esters is 1. The summed E-state index contributed by atoms with van der Waals surface area (Å²) < 4.78 is 7.50. The van der Waals surface area contributed by atoms with Gasteiger partial charge in [0.25, 0.3) is 0 Å². The number of hydrogen-bond donors (Lipinski definition) is 2. The average molecular weight is 390 g/mol. The zero-order chi connectivity index (χ0) is 19.8. The molecule has 1 saturated carbocycles. The number of carbonyl (C=O) groups is 1. The zero-order valence-electron chi connectivity index (χ0n) is 15.9. The third-order valence-corrected chi connectivity index (χ3v) is 5.30. The number of ether oxygens (including phenoxy) is 1. The average Bonchev–Trinajstić information content (AvgIpc) is 3.25. The topological polar surface area (TPSA) is 108 Å². The molecule has 5 rings (SSSR count). The lowest BCUT2D eigenvalue weighted by atomic mass is 10.1. The minimum Gasteiger partial charge on any atom is -0.461 e. The Kier molecular flexibility index (Phi) is 4.38. The molecule has 29 heavy (non-hydrogen) atoms. The number of aromatic nitrogens is 4. The first-order chi connectivity index (χ1) is 14.2. The van der Waals surface area contributed by atoms with E-state index in [1.54, 1.807) is 18.5 Å². The minimum absolute atomic E-state index is 0.0866. The van der Waals surface area contributed by atoms with Gasteiger partial charge in [-0.3, -0.25) is 0 Å². The number of imidazole rings is 1. The van der Waals surface area contributed by atoms with E-state index in [0.29, 0.717) is 24.0 Å². The molecule has 1 aromatic carbocycles. The fraction of sp³-hybridized carbons (Fsp3) is 0.333. The van der Waals surface area contributed by atoms with Crippen LogP contribution in [0, 0.1) is 5.92 Å². The van der Waals surface area contributed by atoms with Gasteiger partial charge in [0, 0.05) is 12.0 Å². The molecule has 0 amide bonds. The van der Waals surface area contributed by atoms with Crippen molar-refractivity contribution in [3.63, 3.8) is 0 Å². The molecule has 0 aliphatic heterocycles. The minimum atomic E-state index is -0.299. The van der Waals surface area contributed by atoms with Gasteiger partial charge in [0.2, 0.25) is 5.95 Å². The van der Waals surface area contributed by atoms with Crippen LogP contribution in [-0.2, 0) is 4.74 Å². The van der Waals surface area contributed by atoms with Gasteiger partial charge in [0.1, 0.15) is 0 Å².